The molecule has 0 saturated heterocycles. The van der Waals surface area contributed by atoms with E-state index in [1.54, 1.807) is 6.92 Å². The maximum atomic E-state index is 12.1. The molecule has 0 aliphatic heterocycles. The summed E-state index contributed by atoms with van der Waals surface area (Å²) in [5.74, 6) is -2.89. The zero-order valence-electron chi connectivity index (χ0n) is 13.1. The number of nitro groups is 1. The van der Waals surface area contributed by atoms with Gasteiger partial charge in [-0.2, -0.15) is 0 Å². The van der Waals surface area contributed by atoms with Crippen molar-refractivity contribution < 1.29 is 24.0 Å². The lowest BCUT2D eigenvalue weighted by atomic mass is 9.89. The van der Waals surface area contributed by atoms with Gasteiger partial charge in [0.05, 0.1) is 17.6 Å². The van der Waals surface area contributed by atoms with Gasteiger partial charge in [-0.3, -0.25) is 24.5 Å². The van der Waals surface area contributed by atoms with Crippen LogP contribution in [0, 0.1) is 16.0 Å². The minimum Gasteiger partial charge on any atom is -0.465 e. The molecule has 0 aromatic heterocycles. The summed E-state index contributed by atoms with van der Waals surface area (Å²) in [5, 5.41) is 13.2. The topological polar surface area (TPSA) is 116 Å². The summed E-state index contributed by atoms with van der Waals surface area (Å²) in [7, 11) is 0. The number of amides is 1. The molecule has 1 amide bonds. The van der Waals surface area contributed by atoms with Gasteiger partial charge in [-0.05, 0) is 19.4 Å². The van der Waals surface area contributed by atoms with Gasteiger partial charge in [0.2, 0.25) is 5.91 Å². The van der Waals surface area contributed by atoms with E-state index in [-0.39, 0.29) is 12.3 Å². The molecule has 0 radical (unpaired) electrons. The zero-order chi connectivity index (χ0) is 17.6. The molecule has 0 aliphatic rings. The molecule has 0 spiro atoms. The fourth-order valence-corrected chi connectivity index (χ4v) is 2.15. The summed E-state index contributed by atoms with van der Waals surface area (Å²) in [6, 6.07) is 4.32. The molecule has 0 fully saturated rings. The highest BCUT2D eigenvalue weighted by atomic mass is 16.6. The number of Topliss-reactive ketones (excluding diaryl/α,β-unsaturated/α-hetero) is 1. The first-order chi connectivity index (χ1) is 10.8. The van der Waals surface area contributed by atoms with Gasteiger partial charge in [-0.15, -0.1) is 0 Å². The highest BCUT2D eigenvalue weighted by Crippen LogP contribution is 2.26. The molecule has 2 unspecified atom stereocenters. The van der Waals surface area contributed by atoms with Crippen LogP contribution in [-0.4, -0.2) is 29.2 Å². The van der Waals surface area contributed by atoms with Gasteiger partial charge in [0, 0.05) is 19.1 Å². The number of nitrogens with one attached hydrogen (secondary N) is 1. The van der Waals surface area contributed by atoms with Crippen LogP contribution in [0.25, 0.3) is 0 Å². The third kappa shape index (κ3) is 4.87. The number of ether oxygens (including phenoxy) is 1. The van der Waals surface area contributed by atoms with E-state index in [1.165, 1.54) is 38.1 Å². The number of carbonyl (C=O) groups excluding carboxylic acids is 3. The number of carbonyl (C=O) groups is 3. The van der Waals surface area contributed by atoms with Crippen LogP contribution in [0.5, 0.6) is 0 Å². The number of hydrogen-bond acceptors (Lipinski definition) is 6. The summed E-state index contributed by atoms with van der Waals surface area (Å²) in [5.41, 5.74) is 0.268. The Balaban J connectivity index is 3.24. The van der Waals surface area contributed by atoms with Gasteiger partial charge in [0.1, 0.15) is 11.7 Å². The largest absolute Gasteiger partial charge is 0.465 e. The summed E-state index contributed by atoms with van der Waals surface area (Å²) in [4.78, 5) is 45.5. The summed E-state index contributed by atoms with van der Waals surface area (Å²) < 4.78 is 4.89. The molecule has 8 heteroatoms. The van der Waals surface area contributed by atoms with Crippen molar-refractivity contribution in [3.05, 3.63) is 39.9 Å². The third-order valence-corrected chi connectivity index (χ3v) is 3.13. The van der Waals surface area contributed by atoms with E-state index in [4.69, 9.17) is 4.74 Å². The number of non-ortho nitro benzene ring substituents is 1. The lowest BCUT2D eigenvalue weighted by Gasteiger charge is -2.24. The SMILES string of the molecule is CCOC(=O)C(C(C)=O)C(NC(C)=O)c1ccc([N+](=O)[O-])cc1. The van der Waals surface area contributed by atoms with Crippen LogP contribution in [0.2, 0.25) is 0 Å². The van der Waals surface area contributed by atoms with Crippen LogP contribution >= 0.6 is 0 Å². The number of nitro benzene ring substituents is 1. The van der Waals surface area contributed by atoms with Gasteiger partial charge < -0.3 is 10.1 Å². The molecule has 1 N–H and O–H groups in total. The Morgan fingerprint density at radius 1 is 1.22 bits per heavy atom. The van der Waals surface area contributed by atoms with E-state index >= 15 is 0 Å². The smallest absolute Gasteiger partial charge is 0.318 e. The van der Waals surface area contributed by atoms with Crippen LogP contribution < -0.4 is 5.32 Å². The molecule has 0 aliphatic carbocycles. The van der Waals surface area contributed by atoms with Crippen LogP contribution in [0.3, 0.4) is 0 Å². The number of nitrogens with zero attached hydrogens (tertiary/aromatic N) is 1. The van der Waals surface area contributed by atoms with Crippen molar-refractivity contribution in [2.75, 3.05) is 6.61 Å². The number of benzene rings is 1. The maximum absolute atomic E-state index is 12.1. The highest BCUT2D eigenvalue weighted by molar-refractivity contribution is 5.99. The minimum atomic E-state index is -1.22. The van der Waals surface area contributed by atoms with Gasteiger partial charge in [-0.25, -0.2) is 0 Å². The fourth-order valence-electron chi connectivity index (χ4n) is 2.15. The molecular formula is C15H18N2O6. The molecular weight excluding hydrogens is 304 g/mol. The van der Waals surface area contributed by atoms with Gasteiger partial charge in [-0.1, -0.05) is 12.1 Å². The molecule has 0 saturated carbocycles. The maximum Gasteiger partial charge on any atom is 0.318 e. The van der Waals surface area contributed by atoms with E-state index in [1.807, 2.05) is 0 Å². The van der Waals surface area contributed by atoms with Gasteiger partial charge in [0.15, 0.2) is 0 Å². The monoisotopic (exact) mass is 322 g/mol. The molecule has 1 aromatic carbocycles. The normalized spacial score (nSPS) is 12.8. The molecule has 1 rings (SSSR count). The van der Waals surface area contributed by atoms with E-state index in [0.717, 1.165) is 0 Å². The minimum absolute atomic E-state index is 0.0929. The van der Waals surface area contributed by atoms with Crippen molar-refractivity contribution in [3.63, 3.8) is 0 Å². The van der Waals surface area contributed by atoms with E-state index in [2.05, 4.69) is 5.32 Å². The molecule has 23 heavy (non-hydrogen) atoms. The molecule has 1 aromatic rings. The predicted octanol–water partition coefficient (Wildman–Crippen LogP) is 1.54. The number of ketones is 1. The van der Waals surface area contributed by atoms with Gasteiger partial charge >= 0.3 is 5.97 Å². The summed E-state index contributed by atoms with van der Waals surface area (Å²) in [6.45, 7) is 4.17. The Morgan fingerprint density at radius 3 is 2.17 bits per heavy atom. The Hall–Kier alpha value is -2.77. The molecule has 2 atom stereocenters. The van der Waals surface area contributed by atoms with E-state index in [0.29, 0.717) is 5.56 Å². The Bertz CT molecular complexity index is 611. The number of rotatable bonds is 7. The van der Waals surface area contributed by atoms with Crippen molar-refractivity contribution in [1.29, 1.82) is 0 Å². The average Bonchev–Trinajstić information content (AvgIpc) is 2.46. The first kappa shape index (κ1) is 18.3. The lowest BCUT2D eigenvalue weighted by Crippen LogP contribution is -2.40. The fraction of sp³-hybridized carbons (Fsp3) is 0.400. The second-order valence-electron chi connectivity index (χ2n) is 4.87. The van der Waals surface area contributed by atoms with E-state index in [9.17, 15) is 24.5 Å². The second kappa shape index (κ2) is 8.02. The highest BCUT2D eigenvalue weighted by Gasteiger charge is 2.35. The summed E-state index contributed by atoms with van der Waals surface area (Å²) >= 11 is 0. The van der Waals surface area contributed by atoms with Crippen molar-refractivity contribution in [3.8, 4) is 0 Å². The zero-order valence-corrected chi connectivity index (χ0v) is 13.1. The standard InChI is InChI=1S/C15H18N2O6/c1-4-23-15(20)13(9(2)18)14(16-10(3)19)11-5-7-12(8-6-11)17(21)22/h5-8,13-14H,4H2,1-3H3,(H,16,19). The molecule has 0 bridgehead atoms. The molecule has 8 nitrogen and oxygen atoms in total. The van der Waals surface area contributed by atoms with Gasteiger partial charge in [0.25, 0.3) is 5.69 Å². The molecule has 0 heterocycles. The Morgan fingerprint density at radius 2 is 1.78 bits per heavy atom. The first-order valence-electron chi connectivity index (χ1n) is 6.96. The van der Waals surface area contributed by atoms with E-state index < -0.39 is 34.5 Å². The average molecular weight is 322 g/mol. The predicted molar refractivity (Wildman–Crippen MR) is 80.5 cm³/mol. The Kier molecular flexibility index (Phi) is 6.37. The Labute approximate surface area is 133 Å². The number of hydrogen-bond donors (Lipinski definition) is 1. The second-order valence-corrected chi connectivity index (χ2v) is 4.87. The van der Waals surface area contributed by atoms with Crippen molar-refractivity contribution >= 4 is 23.3 Å². The van der Waals surface area contributed by atoms with Crippen molar-refractivity contribution in [1.82, 2.24) is 5.32 Å². The number of esters is 1. The van der Waals surface area contributed by atoms with Crippen LogP contribution in [-0.2, 0) is 19.1 Å². The molecule has 124 valence electrons. The lowest BCUT2D eigenvalue weighted by molar-refractivity contribution is -0.384. The van der Waals surface area contributed by atoms with Crippen molar-refractivity contribution in [2.24, 2.45) is 5.92 Å². The first-order valence-corrected chi connectivity index (χ1v) is 6.96. The van der Waals surface area contributed by atoms with Crippen LogP contribution in [0.1, 0.15) is 32.4 Å². The van der Waals surface area contributed by atoms with Crippen LogP contribution in [0.15, 0.2) is 24.3 Å². The third-order valence-electron chi connectivity index (χ3n) is 3.13. The summed E-state index contributed by atoms with van der Waals surface area (Å²) in [6.07, 6.45) is 0. The van der Waals surface area contributed by atoms with Crippen LogP contribution in [0.4, 0.5) is 5.69 Å². The quantitative estimate of drug-likeness (QED) is 0.352. The van der Waals surface area contributed by atoms with Crippen molar-refractivity contribution in [2.45, 2.75) is 26.8 Å².